The van der Waals surface area contributed by atoms with Gasteiger partial charge in [0.25, 0.3) is 0 Å². The summed E-state index contributed by atoms with van der Waals surface area (Å²) in [5.41, 5.74) is 0. The molecule has 0 bridgehead atoms. The van der Waals surface area contributed by atoms with Crippen molar-refractivity contribution in [2.75, 3.05) is 26.3 Å². The van der Waals surface area contributed by atoms with Crippen molar-refractivity contribution >= 4 is 17.7 Å². The minimum atomic E-state index is -0.877. The zero-order valence-corrected chi connectivity index (χ0v) is 10.9. The molecule has 1 aliphatic carbocycles. The third kappa shape index (κ3) is 3.45. The Bertz CT molecular complexity index is 455. The van der Waals surface area contributed by atoms with E-state index < -0.39 is 17.9 Å². The molecular formula is C12H16N4O4. The first-order valence-corrected chi connectivity index (χ1v) is 6.47. The van der Waals surface area contributed by atoms with E-state index in [0.29, 0.717) is 0 Å². The summed E-state index contributed by atoms with van der Waals surface area (Å²) in [5, 5.41) is 13.4. The van der Waals surface area contributed by atoms with Crippen LogP contribution in [-0.2, 0) is 19.1 Å². The van der Waals surface area contributed by atoms with Gasteiger partial charge in [-0.3, -0.25) is 14.4 Å². The minimum absolute atomic E-state index is 0.0792. The number of ether oxygens (including phenoxy) is 1. The highest BCUT2D eigenvalue weighted by molar-refractivity contribution is 6.35. The molecule has 8 heteroatoms. The number of nitriles is 1. The van der Waals surface area contributed by atoms with Crippen LogP contribution in [0.5, 0.6) is 0 Å². The molecule has 0 radical (unpaired) electrons. The van der Waals surface area contributed by atoms with Crippen molar-refractivity contribution in [2.45, 2.75) is 24.9 Å². The monoisotopic (exact) mass is 280 g/mol. The number of morpholine rings is 1. The second-order valence-electron chi connectivity index (χ2n) is 4.71. The number of amides is 3. The fourth-order valence-corrected chi connectivity index (χ4v) is 1.91. The van der Waals surface area contributed by atoms with Crippen molar-refractivity contribution in [3.05, 3.63) is 0 Å². The van der Waals surface area contributed by atoms with Crippen molar-refractivity contribution in [3.8, 4) is 6.07 Å². The lowest BCUT2D eigenvalue weighted by Crippen LogP contribution is -2.59. The second-order valence-corrected chi connectivity index (χ2v) is 4.71. The summed E-state index contributed by atoms with van der Waals surface area (Å²) in [4.78, 5) is 36.8. The Kier molecular flexibility index (Phi) is 4.53. The lowest BCUT2D eigenvalue weighted by Gasteiger charge is -2.33. The van der Waals surface area contributed by atoms with Crippen LogP contribution in [0.4, 0.5) is 0 Å². The Hall–Kier alpha value is -2.14. The topological polar surface area (TPSA) is 112 Å². The molecule has 108 valence electrons. The van der Waals surface area contributed by atoms with Gasteiger partial charge in [0.05, 0.1) is 19.3 Å². The molecule has 3 amide bonds. The SMILES string of the molecule is N#CCNC(=O)C(=O)N1CCOCC1C(=O)NC1CC1. The number of nitrogens with one attached hydrogen (secondary N) is 2. The van der Waals surface area contributed by atoms with Gasteiger partial charge in [0, 0.05) is 12.6 Å². The Morgan fingerprint density at radius 3 is 2.75 bits per heavy atom. The van der Waals surface area contributed by atoms with E-state index in [1.807, 2.05) is 0 Å². The molecule has 1 atom stereocenters. The molecule has 1 unspecified atom stereocenters. The Morgan fingerprint density at radius 1 is 1.35 bits per heavy atom. The molecule has 2 rings (SSSR count). The highest BCUT2D eigenvalue weighted by Gasteiger charge is 2.37. The molecule has 2 aliphatic rings. The summed E-state index contributed by atoms with van der Waals surface area (Å²) in [5.74, 6) is -1.98. The standard InChI is InChI=1S/C12H16N4O4/c13-3-4-14-11(18)12(19)16-5-6-20-7-9(16)10(17)15-8-1-2-8/h8-9H,1-2,4-7H2,(H,14,18)(H,15,17). The van der Waals surface area contributed by atoms with Crippen molar-refractivity contribution in [1.29, 1.82) is 5.26 Å². The van der Waals surface area contributed by atoms with Crippen molar-refractivity contribution < 1.29 is 19.1 Å². The van der Waals surface area contributed by atoms with Gasteiger partial charge in [-0.15, -0.1) is 0 Å². The molecule has 1 heterocycles. The number of rotatable bonds is 3. The normalized spacial score (nSPS) is 21.8. The average Bonchev–Trinajstić information content (AvgIpc) is 3.27. The van der Waals surface area contributed by atoms with Gasteiger partial charge >= 0.3 is 11.8 Å². The molecule has 1 saturated carbocycles. The smallest absolute Gasteiger partial charge is 0.312 e. The molecule has 1 saturated heterocycles. The average molecular weight is 280 g/mol. The molecular weight excluding hydrogens is 264 g/mol. The maximum atomic E-state index is 12.0. The molecule has 20 heavy (non-hydrogen) atoms. The first-order valence-electron chi connectivity index (χ1n) is 6.47. The van der Waals surface area contributed by atoms with Crippen LogP contribution in [0.15, 0.2) is 0 Å². The summed E-state index contributed by atoms with van der Waals surface area (Å²) >= 11 is 0. The van der Waals surface area contributed by atoms with E-state index in [1.54, 1.807) is 6.07 Å². The van der Waals surface area contributed by atoms with Gasteiger partial charge in [-0.1, -0.05) is 0 Å². The second kappa shape index (κ2) is 6.34. The van der Waals surface area contributed by atoms with Crippen LogP contribution in [0.3, 0.4) is 0 Å². The molecule has 2 N–H and O–H groups in total. The first kappa shape index (κ1) is 14.3. The fraction of sp³-hybridized carbons (Fsp3) is 0.667. The Labute approximate surface area is 116 Å². The van der Waals surface area contributed by atoms with Gasteiger partial charge in [0.2, 0.25) is 5.91 Å². The lowest BCUT2D eigenvalue weighted by atomic mass is 10.2. The maximum absolute atomic E-state index is 12.0. The van der Waals surface area contributed by atoms with Crippen LogP contribution in [0.25, 0.3) is 0 Å². The molecule has 0 spiro atoms. The maximum Gasteiger partial charge on any atom is 0.312 e. The predicted molar refractivity (Wildman–Crippen MR) is 66.1 cm³/mol. The van der Waals surface area contributed by atoms with Crippen LogP contribution in [0, 0.1) is 11.3 Å². The summed E-state index contributed by atoms with van der Waals surface area (Å²) in [6.45, 7) is 0.301. The largest absolute Gasteiger partial charge is 0.377 e. The van der Waals surface area contributed by atoms with Crippen LogP contribution < -0.4 is 10.6 Å². The molecule has 0 aromatic rings. The van der Waals surface area contributed by atoms with E-state index in [0.717, 1.165) is 12.8 Å². The molecule has 0 aromatic carbocycles. The Morgan fingerprint density at radius 2 is 2.10 bits per heavy atom. The molecule has 2 fully saturated rings. The van der Waals surface area contributed by atoms with E-state index in [1.165, 1.54) is 4.90 Å². The molecule has 8 nitrogen and oxygen atoms in total. The first-order chi connectivity index (χ1) is 9.63. The number of hydrogen-bond acceptors (Lipinski definition) is 5. The summed E-state index contributed by atoms with van der Waals surface area (Å²) < 4.78 is 5.21. The van der Waals surface area contributed by atoms with Gasteiger partial charge in [-0.05, 0) is 12.8 Å². The third-order valence-electron chi connectivity index (χ3n) is 3.14. The fourth-order valence-electron chi connectivity index (χ4n) is 1.91. The van der Waals surface area contributed by atoms with E-state index in [-0.39, 0.29) is 38.3 Å². The Balaban J connectivity index is 1.98. The van der Waals surface area contributed by atoms with Crippen molar-refractivity contribution in [3.63, 3.8) is 0 Å². The zero-order valence-electron chi connectivity index (χ0n) is 10.9. The van der Waals surface area contributed by atoms with Gasteiger partial charge in [0.15, 0.2) is 0 Å². The van der Waals surface area contributed by atoms with Crippen LogP contribution in [0.2, 0.25) is 0 Å². The van der Waals surface area contributed by atoms with Gasteiger partial charge in [-0.2, -0.15) is 5.26 Å². The molecule has 1 aliphatic heterocycles. The lowest BCUT2D eigenvalue weighted by molar-refractivity contribution is -0.155. The highest BCUT2D eigenvalue weighted by atomic mass is 16.5. The number of nitrogens with zero attached hydrogens (tertiary/aromatic N) is 2. The number of hydrogen-bond donors (Lipinski definition) is 2. The van der Waals surface area contributed by atoms with Gasteiger partial charge < -0.3 is 20.3 Å². The van der Waals surface area contributed by atoms with E-state index in [2.05, 4.69) is 10.6 Å². The predicted octanol–water partition coefficient (Wildman–Crippen LogP) is -1.87. The van der Waals surface area contributed by atoms with Crippen LogP contribution in [0.1, 0.15) is 12.8 Å². The summed E-state index contributed by atoms with van der Waals surface area (Å²) in [6.07, 6.45) is 1.88. The summed E-state index contributed by atoms with van der Waals surface area (Å²) in [7, 11) is 0. The summed E-state index contributed by atoms with van der Waals surface area (Å²) in [6, 6.07) is 1.11. The minimum Gasteiger partial charge on any atom is -0.377 e. The number of carbonyl (C=O) groups excluding carboxylic acids is 3. The van der Waals surface area contributed by atoms with Gasteiger partial charge in [0.1, 0.15) is 12.6 Å². The highest BCUT2D eigenvalue weighted by Crippen LogP contribution is 2.19. The third-order valence-corrected chi connectivity index (χ3v) is 3.14. The van der Waals surface area contributed by atoms with Crippen LogP contribution in [-0.4, -0.2) is 61.0 Å². The van der Waals surface area contributed by atoms with Crippen molar-refractivity contribution in [1.82, 2.24) is 15.5 Å². The van der Waals surface area contributed by atoms with E-state index in [9.17, 15) is 14.4 Å². The number of carbonyl (C=O) groups is 3. The van der Waals surface area contributed by atoms with E-state index in [4.69, 9.17) is 10.00 Å². The van der Waals surface area contributed by atoms with Crippen LogP contribution >= 0.6 is 0 Å². The zero-order chi connectivity index (χ0) is 14.5. The quantitative estimate of drug-likeness (QED) is 0.465. The van der Waals surface area contributed by atoms with E-state index >= 15 is 0 Å². The molecule has 0 aromatic heterocycles. The van der Waals surface area contributed by atoms with Gasteiger partial charge in [-0.25, -0.2) is 0 Å². The van der Waals surface area contributed by atoms with Crippen molar-refractivity contribution in [2.24, 2.45) is 0 Å².